The van der Waals surface area contributed by atoms with Crippen LogP contribution in [0.1, 0.15) is 12.0 Å². The summed E-state index contributed by atoms with van der Waals surface area (Å²) in [7, 11) is 1.59. The van der Waals surface area contributed by atoms with Crippen molar-refractivity contribution >= 4 is 45.0 Å². The standard InChI is InChI=1S/C27H25BrFN3O5/c1-36-21-7-2-17(3-8-21)14-30-27(35)18-12-26(34)32(15-18)20-5-9-22(10-6-20)37-16-25(33)31-24-11-4-19(28)13-23(24)29/h2-11,13,18H,12,14-16H2,1H3,(H,30,35)(H,31,33)/t18-/m1/s1. The molecule has 0 aromatic heterocycles. The molecule has 1 atom stereocenters. The second kappa shape index (κ2) is 11.9. The number of hydrogen-bond acceptors (Lipinski definition) is 5. The number of nitrogens with zero attached hydrogens (tertiary/aromatic N) is 1. The Balaban J connectivity index is 1.26. The van der Waals surface area contributed by atoms with Crippen molar-refractivity contribution in [2.45, 2.75) is 13.0 Å². The zero-order valence-electron chi connectivity index (χ0n) is 20.0. The predicted octanol–water partition coefficient (Wildman–Crippen LogP) is 4.28. The maximum Gasteiger partial charge on any atom is 0.262 e. The zero-order chi connectivity index (χ0) is 26.4. The summed E-state index contributed by atoms with van der Waals surface area (Å²) in [6.45, 7) is 0.324. The van der Waals surface area contributed by atoms with Crippen molar-refractivity contribution in [2.24, 2.45) is 5.92 Å². The molecule has 0 saturated carbocycles. The van der Waals surface area contributed by atoms with Gasteiger partial charge < -0.3 is 25.0 Å². The van der Waals surface area contributed by atoms with Crippen LogP contribution >= 0.6 is 15.9 Å². The largest absolute Gasteiger partial charge is 0.497 e. The minimum atomic E-state index is -0.560. The van der Waals surface area contributed by atoms with Gasteiger partial charge in [0, 0.05) is 29.7 Å². The van der Waals surface area contributed by atoms with Gasteiger partial charge in [-0.05, 0) is 60.2 Å². The fourth-order valence-electron chi connectivity index (χ4n) is 3.86. The second-order valence-electron chi connectivity index (χ2n) is 8.43. The lowest BCUT2D eigenvalue weighted by Gasteiger charge is -2.17. The molecule has 0 aliphatic carbocycles. The van der Waals surface area contributed by atoms with Gasteiger partial charge in [0.1, 0.15) is 17.3 Å². The smallest absolute Gasteiger partial charge is 0.262 e. The van der Waals surface area contributed by atoms with E-state index in [-0.39, 0.29) is 37.1 Å². The molecule has 0 spiro atoms. The van der Waals surface area contributed by atoms with E-state index in [1.54, 1.807) is 42.3 Å². The first-order chi connectivity index (χ1) is 17.8. The van der Waals surface area contributed by atoms with Crippen molar-refractivity contribution < 1.29 is 28.2 Å². The molecule has 1 saturated heterocycles. The van der Waals surface area contributed by atoms with Crippen LogP contribution in [0.4, 0.5) is 15.8 Å². The Kier molecular flexibility index (Phi) is 8.39. The summed E-state index contributed by atoms with van der Waals surface area (Å²) in [5.41, 5.74) is 1.62. The summed E-state index contributed by atoms with van der Waals surface area (Å²) in [4.78, 5) is 38.9. The van der Waals surface area contributed by atoms with Gasteiger partial charge in [-0.1, -0.05) is 28.1 Å². The third-order valence-corrected chi connectivity index (χ3v) is 6.34. The van der Waals surface area contributed by atoms with Crippen LogP contribution < -0.4 is 25.0 Å². The highest BCUT2D eigenvalue weighted by Crippen LogP contribution is 2.27. The molecule has 1 heterocycles. The number of benzene rings is 3. The molecule has 37 heavy (non-hydrogen) atoms. The molecule has 3 amide bonds. The van der Waals surface area contributed by atoms with E-state index in [1.807, 2.05) is 24.3 Å². The highest BCUT2D eigenvalue weighted by molar-refractivity contribution is 9.10. The number of nitrogens with one attached hydrogen (secondary N) is 2. The minimum absolute atomic E-state index is 0.0577. The van der Waals surface area contributed by atoms with E-state index >= 15 is 0 Å². The summed E-state index contributed by atoms with van der Waals surface area (Å²) in [6, 6.07) is 18.4. The van der Waals surface area contributed by atoms with E-state index in [0.717, 1.165) is 11.3 Å². The number of anilines is 2. The summed E-state index contributed by atoms with van der Waals surface area (Å²) in [5.74, 6) is -0.699. The number of carbonyl (C=O) groups excluding carboxylic acids is 3. The van der Waals surface area contributed by atoms with Crippen LogP contribution in [0.5, 0.6) is 11.5 Å². The lowest BCUT2D eigenvalue weighted by Crippen LogP contribution is -2.32. The average molecular weight is 570 g/mol. The first-order valence-corrected chi connectivity index (χ1v) is 12.3. The Hall–Kier alpha value is -3.92. The van der Waals surface area contributed by atoms with E-state index in [2.05, 4.69) is 26.6 Å². The lowest BCUT2D eigenvalue weighted by molar-refractivity contribution is -0.126. The van der Waals surface area contributed by atoms with Gasteiger partial charge in [0.25, 0.3) is 5.91 Å². The Morgan fingerprint density at radius 3 is 2.43 bits per heavy atom. The van der Waals surface area contributed by atoms with Gasteiger partial charge in [0.05, 0.1) is 18.7 Å². The number of methoxy groups -OCH3 is 1. The van der Waals surface area contributed by atoms with Crippen molar-refractivity contribution in [3.63, 3.8) is 0 Å². The number of hydrogen-bond donors (Lipinski definition) is 2. The van der Waals surface area contributed by atoms with E-state index in [1.165, 1.54) is 12.1 Å². The minimum Gasteiger partial charge on any atom is -0.497 e. The molecule has 0 unspecified atom stereocenters. The highest BCUT2D eigenvalue weighted by atomic mass is 79.9. The Morgan fingerprint density at radius 1 is 1.05 bits per heavy atom. The SMILES string of the molecule is COc1ccc(CNC(=O)[C@@H]2CC(=O)N(c3ccc(OCC(=O)Nc4ccc(Br)cc4F)cc3)C2)cc1. The first-order valence-electron chi connectivity index (χ1n) is 11.5. The van der Waals surface area contributed by atoms with E-state index in [4.69, 9.17) is 9.47 Å². The molecule has 1 aliphatic heterocycles. The quantitative estimate of drug-likeness (QED) is 0.401. The number of carbonyl (C=O) groups is 3. The maximum absolute atomic E-state index is 13.9. The van der Waals surface area contributed by atoms with Crippen molar-refractivity contribution in [1.82, 2.24) is 5.32 Å². The van der Waals surface area contributed by atoms with Gasteiger partial charge in [-0.3, -0.25) is 14.4 Å². The maximum atomic E-state index is 13.9. The summed E-state index contributed by atoms with van der Waals surface area (Å²) in [6.07, 6.45) is 0.124. The van der Waals surface area contributed by atoms with E-state index in [9.17, 15) is 18.8 Å². The summed E-state index contributed by atoms with van der Waals surface area (Å²) < 4.78 is 25.1. The Labute approximate surface area is 221 Å². The Morgan fingerprint density at radius 2 is 1.76 bits per heavy atom. The van der Waals surface area contributed by atoms with Crippen LogP contribution in [0.3, 0.4) is 0 Å². The van der Waals surface area contributed by atoms with Gasteiger partial charge in [-0.25, -0.2) is 4.39 Å². The summed E-state index contributed by atoms with van der Waals surface area (Å²) in [5, 5.41) is 5.34. The van der Waals surface area contributed by atoms with Gasteiger partial charge in [-0.2, -0.15) is 0 Å². The summed E-state index contributed by atoms with van der Waals surface area (Å²) >= 11 is 3.16. The molecule has 3 aromatic carbocycles. The fraction of sp³-hybridized carbons (Fsp3) is 0.222. The van der Waals surface area contributed by atoms with Crippen LogP contribution in [-0.4, -0.2) is 38.0 Å². The molecule has 192 valence electrons. The van der Waals surface area contributed by atoms with Crippen LogP contribution in [0.25, 0.3) is 0 Å². The van der Waals surface area contributed by atoms with E-state index < -0.39 is 17.6 Å². The number of ether oxygens (including phenoxy) is 2. The zero-order valence-corrected chi connectivity index (χ0v) is 21.6. The van der Waals surface area contributed by atoms with Gasteiger partial charge in [-0.15, -0.1) is 0 Å². The lowest BCUT2D eigenvalue weighted by atomic mass is 10.1. The van der Waals surface area contributed by atoms with E-state index in [0.29, 0.717) is 22.5 Å². The van der Waals surface area contributed by atoms with Crippen LogP contribution in [0.2, 0.25) is 0 Å². The third kappa shape index (κ3) is 6.85. The first kappa shape index (κ1) is 26.2. The van der Waals surface area contributed by atoms with Gasteiger partial charge in [0.2, 0.25) is 11.8 Å². The van der Waals surface area contributed by atoms with Crippen molar-refractivity contribution in [3.8, 4) is 11.5 Å². The molecule has 3 aromatic rings. The third-order valence-electron chi connectivity index (χ3n) is 5.85. The van der Waals surface area contributed by atoms with Crippen LogP contribution in [-0.2, 0) is 20.9 Å². The predicted molar refractivity (Wildman–Crippen MR) is 140 cm³/mol. The topological polar surface area (TPSA) is 97.0 Å². The number of amides is 3. The molecular formula is C27H25BrFN3O5. The molecule has 2 N–H and O–H groups in total. The number of rotatable bonds is 9. The van der Waals surface area contributed by atoms with Gasteiger partial charge >= 0.3 is 0 Å². The fourth-order valence-corrected chi connectivity index (χ4v) is 4.19. The molecular weight excluding hydrogens is 545 g/mol. The highest BCUT2D eigenvalue weighted by Gasteiger charge is 2.35. The van der Waals surface area contributed by atoms with Crippen molar-refractivity contribution in [2.75, 3.05) is 30.5 Å². The molecule has 0 radical (unpaired) electrons. The van der Waals surface area contributed by atoms with Gasteiger partial charge in [0.15, 0.2) is 6.61 Å². The number of halogens is 2. The van der Waals surface area contributed by atoms with Crippen molar-refractivity contribution in [3.05, 3.63) is 82.6 Å². The second-order valence-corrected chi connectivity index (χ2v) is 9.34. The molecule has 10 heteroatoms. The normalized spacial score (nSPS) is 14.8. The monoisotopic (exact) mass is 569 g/mol. The average Bonchev–Trinajstić information content (AvgIpc) is 3.30. The molecule has 8 nitrogen and oxygen atoms in total. The molecule has 1 fully saturated rings. The van der Waals surface area contributed by atoms with Crippen LogP contribution in [0.15, 0.2) is 71.2 Å². The Bertz CT molecular complexity index is 1280. The molecule has 0 bridgehead atoms. The molecule has 4 rings (SSSR count). The van der Waals surface area contributed by atoms with Crippen LogP contribution in [0, 0.1) is 11.7 Å². The molecule has 1 aliphatic rings. The van der Waals surface area contributed by atoms with Crippen molar-refractivity contribution in [1.29, 1.82) is 0 Å².